The fourth-order valence-corrected chi connectivity index (χ4v) is 4.36. The maximum Gasteiger partial charge on any atom is 0.416 e. The van der Waals surface area contributed by atoms with E-state index in [0.29, 0.717) is 24.3 Å². The molecule has 2 amide bonds. The van der Waals surface area contributed by atoms with Crippen molar-refractivity contribution in [3.05, 3.63) is 41.5 Å². The topological polar surface area (TPSA) is 49.4 Å². The molecule has 0 spiro atoms. The minimum absolute atomic E-state index is 0.0528. The fourth-order valence-electron chi connectivity index (χ4n) is 4.36. The number of allylic oxidation sites excluding steroid dienone is 1. The minimum atomic E-state index is -4.40. The molecule has 3 aliphatic rings. The third-order valence-electron chi connectivity index (χ3n) is 6.04. The van der Waals surface area contributed by atoms with Gasteiger partial charge in [-0.15, -0.1) is 0 Å². The number of fused-ring (bicyclic) bond motifs is 1. The van der Waals surface area contributed by atoms with Crippen LogP contribution in [-0.4, -0.2) is 29.8 Å². The van der Waals surface area contributed by atoms with Crippen LogP contribution in [0.3, 0.4) is 0 Å². The highest BCUT2D eigenvalue weighted by molar-refractivity contribution is 5.96. The Hall–Kier alpha value is -2.31. The first-order chi connectivity index (χ1) is 12.6. The van der Waals surface area contributed by atoms with Gasteiger partial charge in [0.2, 0.25) is 11.8 Å². The number of piperidine rings is 1. The van der Waals surface area contributed by atoms with E-state index in [1.807, 2.05) is 4.90 Å². The average Bonchev–Trinajstić information content (AvgIpc) is 3.06. The van der Waals surface area contributed by atoms with Crippen molar-refractivity contribution in [3.8, 4) is 0 Å². The second kappa shape index (κ2) is 6.11. The summed E-state index contributed by atoms with van der Waals surface area (Å²) in [6.07, 6.45) is -2.87. The van der Waals surface area contributed by atoms with Crippen molar-refractivity contribution in [2.45, 2.75) is 25.9 Å². The summed E-state index contributed by atoms with van der Waals surface area (Å²) >= 11 is 0. The molecule has 7 heteroatoms. The van der Waals surface area contributed by atoms with E-state index in [1.54, 1.807) is 6.92 Å². The fraction of sp³-hybridized carbons (Fsp3) is 0.500. The van der Waals surface area contributed by atoms with Crippen molar-refractivity contribution >= 4 is 17.5 Å². The molecule has 3 fully saturated rings. The molecule has 1 N–H and O–H groups in total. The summed E-state index contributed by atoms with van der Waals surface area (Å²) in [5.74, 6) is 0.201. The van der Waals surface area contributed by atoms with Crippen LogP contribution in [0.2, 0.25) is 0 Å². The first kappa shape index (κ1) is 18.1. The molecule has 2 aliphatic carbocycles. The number of halogens is 3. The summed E-state index contributed by atoms with van der Waals surface area (Å²) in [4.78, 5) is 26.7. The van der Waals surface area contributed by atoms with Crippen LogP contribution in [-0.2, 0) is 15.8 Å². The molecule has 2 saturated carbocycles. The molecular formula is C20H21F3N2O2. The quantitative estimate of drug-likeness (QED) is 0.817. The van der Waals surface area contributed by atoms with Crippen LogP contribution < -0.4 is 5.32 Å². The van der Waals surface area contributed by atoms with Crippen LogP contribution in [0.5, 0.6) is 0 Å². The molecule has 1 aromatic carbocycles. The number of alkyl halides is 3. The first-order valence-corrected chi connectivity index (χ1v) is 9.09. The average molecular weight is 378 g/mol. The monoisotopic (exact) mass is 378 g/mol. The molecule has 0 radical (unpaired) electrons. The second-order valence-electron chi connectivity index (χ2n) is 7.97. The highest BCUT2D eigenvalue weighted by Gasteiger charge is 2.60. The van der Waals surface area contributed by atoms with Gasteiger partial charge in [-0.1, -0.05) is 12.2 Å². The van der Waals surface area contributed by atoms with Gasteiger partial charge in [-0.05, 0) is 55.4 Å². The Labute approximate surface area is 155 Å². The second-order valence-corrected chi connectivity index (χ2v) is 7.97. The summed E-state index contributed by atoms with van der Waals surface area (Å²) in [5, 5.41) is 2.75. The van der Waals surface area contributed by atoms with E-state index in [2.05, 4.69) is 11.9 Å². The molecule has 1 aromatic rings. The van der Waals surface area contributed by atoms with E-state index in [9.17, 15) is 22.8 Å². The largest absolute Gasteiger partial charge is 0.416 e. The number of hydrogen-bond acceptors (Lipinski definition) is 2. The predicted molar refractivity (Wildman–Crippen MR) is 93.7 cm³/mol. The van der Waals surface area contributed by atoms with E-state index < -0.39 is 11.7 Å². The zero-order valence-electron chi connectivity index (χ0n) is 15.0. The van der Waals surface area contributed by atoms with Crippen molar-refractivity contribution in [1.29, 1.82) is 0 Å². The van der Waals surface area contributed by atoms with Gasteiger partial charge >= 0.3 is 6.18 Å². The third-order valence-corrected chi connectivity index (χ3v) is 6.04. The lowest BCUT2D eigenvalue weighted by Gasteiger charge is -2.32. The number of hydrogen-bond donors (Lipinski definition) is 1. The van der Waals surface area contributed by atoms with Crippen molar-refractivity contribution in [2.24, 2.45) is 23.7 Å². The van der Waals surface area contributed by atoms with Gasteiger partial charge in [-0.2, -0.15) is 13.2 Å². The van der Waals surface area contributed by atoms with Gasteiger partial charge in [0.15, 0.2) is 0 Å². The van der Waals surface area contributed by atoms with E-state index in [1.165, 1.54) is 6.07 Å². The Balaban J connectivity index is 1.33. The Morgan fingerprint density at radius 2 is 1.81 bits per heavy atom. The molecule has 2 atom stereocenters. The number of anilines is 1. The number of benzene rings is 1. The van der Waals surface area contributed by atoms with Gasteiger partial charge in [0, 0.05) is 30.6 Å². The summed E-state index contributed by atoms with van der Waals surface area (Å²) in [7, 11) is 0. The SMILES string of the molecule is C=C1CC(C(=O)N2C[C@H]3C(C(=O)Nc4ccc(C(F)(F)F)cc4C)[C@@H]3C2)C1. The van der Waals surface area contributed by atoms with E-state index in [4.69, 9.17) is 0 Å². The van der Waals surface area contributed by atoms with Gasteiger partial charge < -0.3 is 10.2 Å². The van der Waals surface area contributed by atoms with Gasteiger partial charge in [0.25, 0.3) is 0 Å². The number of nitrogens with one attached hydrogen (secondary N) is 1. The van der Waals surface area contributed by atoms with Crippen LogP contribution in [0.25, 0.3) is 0 Å². The maximum atomic E-state index is 12.7. The lowest BCUT2D eigenvalue weighted by molar-refractivity contribution is -0.138. The Morgan fingerprint density at radius 3 is 2.33 bits per heavy atom. The lowest BCUT2D eigenvalue weighted by Crippen LogP contribution is -2.40. The summed E-state index contributed by atoms with van der Waals surface area (Å²) in [5.41, 5.74) is 1.17. The van der Waals surface area contributed by atoms with E-state index in [0.717, 1.165) is 30.5 Å². The van der Waals surface area contributed by atoms with Gasteiger partial charge in [0.1, 0.15) is 0 Å². The normalized spacial score (nSPS) is 27.2. The number of nitrogens with zero attached hydrogens (tertiary/aromatic N) is 1. The Bertz CT molecular complexity index is 813. The van der Waals surface area contributed by atoms with E-state index >= 15 is 0 Å². The zero-order valence-corrected chi connectivity index (χ0v) is 15.0. The van der Waals surface area contributed by atoms with Gasteiger partial charge in [-0.25, -0.2) is 0 Å². The number of likely N-dealkylation sites (tertiary alicyclic amines) is 1. The van der Waals surface area contributed by atoms with E-state index in [-0.39, 0.29) is 35.5 Å². The standard InChI is InChI=1S/C20H21F3N2O2/c1-10-5-12(6-10)19(27)25-8-14-15(9-25)17(14)18(26)24-16-4-3-13(7-11(16)2)20(21,22)23/h3-4,7,12,14-15,17H,1,5-6,8-9H2,2H3,(H,24,26)/t14-,15-/m1/s1. The third kappa shape index (κ3) is 3.24. The molecule has 0 aromatic heterocycles. The number of aryl methyl sites for hydroxylation is 1. The molecule has 4 nitrogen and oxygen atoms in total. The van der Waals surface area contributed by atoms with Crippen molar-refractivity contribution in [1.82, 2.24) is 4.90 Å². The zero-order chi connectivity index (χ0) is 19.5. The van der Waals surface area contributed by atoms with Crippen LogP contribution >= 0.6 is 0 Å². The van der Waals surface area contributed by atoms with Gasteiger partial charge in [-0.3, -0.25) is 9.59 Å². The molecular weight excluding hydrogens is 357 g/mol. The lowest BCUT2D eigenvalue weighted by atomic mass is 9.80. The first-order valence-electron chi connectivity index (χ1n) is 9.09. The summed E-state index contributed by atoms with van der Waals surface area (Å²) < 4.78 is 38.2. The molecule has 0 unspecified atom stereocenters. The maximum absolute atomic E-state index is 12.7. The summed E-state index contributed by atoms with van der Waals surface area (Å²) in [6.45, 7) is 6.59. The number of rotatable bonds is 3. The number of carbonyl (C=O) groups is 2. The van der Waals surface area contributed by atoms with Crippen LogP contribution in [0.4, 0.5) is 18.9 Å². The number of carbonyl (C=O) groups excluding carboxylic acids is 2. The molecule has 0 bridgehead atoms. The van der Waals surface area contributed by atoms with Crippen LogP contribution in [0, 0.1) is 30.6 Å². The van der Waals surface area contributed by atoms with Crippen LogP contribution in [0.15, 0.2) is 30.4 Å². The van der Waals surface area contributed by atoms with Crippen molar-refractivity contribution < 1.29 is 22.8 Å². The van der Waals surface area contributed by atoms with Crippen molar-refractivity contribution in [2.75, 3.05) is 18.4 Å². The number of amides is 2. The van der Waals surface area contributed by atoms with Crippen molar-refractivity contribution in [3.63, 3.8) is 0 Å². The predicted octanol–water partition coefficient (Wildman–Crippen LogP) is 3.62. The molecule has 4 rings (SSSR count). The minimum Gasteiger partial charge on any atom is -0.342 e. The van der Waals surface area contributed by atoms with Gasteiger partial charge in [0.05, 0.1) is 5.56 Å². The molecule has 1 saturated heterocycles. The Morgan fingerprint density at radius 1 is 1.19 bits per heavy atom. The molecule has 1 heterocycles. The molecule has 1 aliphatic heterocycles. The summed E-state index contributed by atoms with van der Waals surface area (Å²) in [6, 6.07) is 3.31. The smallest absolute Gasteiger partial charge is 0.342 e. The molecule has 144 valence electrons. The van der Waals surface area contributed by atoms with Crippen LogP contribution in [0.1, 0.15) is 24.0 Å². The Kier molecular flexibility index (Phi) is 4.09. The molecule has 27 heavy (non-hydrogen) atoms. The highest BCUT2D eigenvalue weighted by Crippen LogP contribution is 2.53. The highest BCUT2D eigenvalue weighted by atomic mass is 19.4.